The molecule has 7 nitrogen and oxygen atoms in total. The van der Waals surface area contributed by atoms with E-state index in [4.69, 9.17) is 5.11 Å². The molecule has 0 unspecified atom stereocenters. The molecule has 0 fully saturated rings. The topological polar surface area (TPSA) is 112 Å². The number of rotatable bonds is 5. The minimum absolute atomic E-state index is 0.185. The number of carboxylic acids is 1. The van der Waals surface area contributed by atoms with E-state index >= 15 is 0 Å². The Kier molecular flexibility index (Phi) is 3.63. The Hall–Kier alpha value is -2.19. The summed E-state index contributed by atoms with van der Waals surface area (Å²) < 4.78 is 26.0. The van der Waals surface area contributed by atoms with Gasteiger partial charge in [-0.3, -0.25) is 4.79 Å². The van der Waals surface area contributed by atoms with Gasteiger partial charge < -0.3 is 10.1 Å². The molecule has 0 aliphatic carbocycles. The maximum atomic E-state index is 11.9. The largest absolute Gasteiger partial charge is 0.480 e. The molecule has 0 bridgehead atoms. The number of benzene rings is 1. The van der Waals surface area contributed by atoms with Crippen LogP contribution in [0, 0.1) is 0 Å². The molecule has 0 saturated heterocycles. The number of carbonyl (C=O) groups is 1. The van der Waals surface area contributed by atoms with E-state index < -0.39 is 22.0 Å². The predicted octanol–water partition coefficient (Wildman–Crippen LogP) is 0.514. The smallest absolute Gasteiger partial charge is 0.326 e. The first-order valence-corrected chi connectivity index (χ1v) is 6.77. The van der Waals surface area contributed by atoms with E-state index in [1.54, 1.807) is 18.2 Å². The number of aliphatic carboxylic acids is 1. The molecule has 0 aliphatic heterocycles. The molecule has 1 atom stereocenters. The molecule has 1 aromatic heterocycles. The number of sulfonamides is 1. The fourth-order valence-electron chi connectivity index (χ4n) is 1.52. The second-order valence-electron chi connectivity index (χ2n) is 3.72. The SMILES string of the molecule is O=C(O)[C@H](NS(=O)(=O)c1cnc[nH]1)c1ccccc1. The molecule has 0 spiro atoms. The zero-order valence-electron chi connectivity index (χ0n) is 9.65. The van der Waals surface area contributed by atoms with Crippen molar-refractivity contribution in [2.24, 2.45) is 0 Å². The Morgan fingerprint density at radius 3 is 2.53 bits per heavy atom. The molecule has 2 aromatic rings. The molecule has 3 N–H and O–H groups in total. The molecule has 0 radical (unpaired) electrons. The zero-order valence-corrected chi connectivity index (χ0v) is 10.5. The van der Waals surface area contributed by atoms with Gasteiger partial charge in [0, 0.05) is 0 Å². The van der Waals surface area contributed by atoms with Crippen LogP contribution < -0.4 is 4.72 Å². The standard InChI is InChI=1S/C11H11N3O4S/c15-11(16)10(8-4-2-1-3-5-8)14-19(17,18)9-6-12-7-13-9/h1-7,10,14H,(H,12,13)(H,15,16)/t10-/m1/s1. The van der Waals surface area contributed by atoms with E-state index in [0.29, 0.717) is 5.56 Å². The van der Waals surface area contributed by atoms with Crippen LogP contribution in [0.15, 0.2) is 47.9 Å². The van der Waals surface area contributed by atoms with Gasteiger partial charge in [-0.1, -0.05) is 30.3 Å². The van der Waals surface area contributed by atoms with Crippen molar-refractivity contribution >= 4 is 16.0 Å². The first-order valence-electron chi connectivity index (χ1n) is 5.29. The first kappa shape index (κ1) is 13.2. The van der Waals surface area contributed by atoms with Crippen LogP contribution >= 0.6 is 0 Å². The predicted molar refractivity (Wildman–Crippen MR) is 65.7 cm³/mol. The van der Waals surface area contributed by atoms with Crippen LogP contribution in [0.2, 0.25) is 0 Å². The average molecular weight is 281 g/mol. The van der Waals surface area contributed by atoms with Gasteiger partial charge in [-0.05, 0) is 5.56 Å². The fraction of sp³-hybridized carbons (Fsp3) is 0.0909. The van der Waals surface area contributed by atoms with Gasteiger partial charge in [0.05, 0.1) is 12.5 Å². The van der Waals surface area contributed by atoms with Crippen molar-refractivity contribution in [1.82, 2.24) is 14.7 Å². The molecule has 0 amide bonds. The van der Waals surface area contributed by atoms with Crippen molar-refractivity contribution in [3.63, 3.8) is 0 Å². The van der Waals surface area contributed by atoms with E-state index in [0.717, 1.165) is 6.20 Å². The summed E-state index contributed by atoms with van der Waals surface area (Å²) in [6, 6.07) is 6.70. The van der Waals surface area contributed by atoms with Gasteiger partial charge >= 0.3 is 5.97 Å². The highest BCUT2D eigenvalue weighted by molar-refractivity contribution is 7.89. The normalized spacial score (nSPS) is 13.1. The maximum Gasteiger partial charge on any atom is 0.326 e. The summed E-state index contributed by atoms with van der Waals surface area (Å²) in [5, 5.41) is 8.95. The molecular weight excluding hydrogens is 270 g/mol. The molecular formula is C11H11N3O4S. The summed E-state index contributed by atoms with van der Waals surface area (Å²) in [7, 11) is -3.96. The first-order chi connectivity index (χ1) is 9.00. The van der Waals surface area contributed by atoms with Crippen molar-refractivity contribution in [2.75, 3.05) is 0 Å². The van der Waals surface area contributed by atoms with Crippen molar-refractivity contribution in [3.8, 4) is 0 Å². The third-order valence-electron chi connectivity index (χ3n) is 2.42. The van der Waals surface area contributed by atoms with E-state index in [-0.39, 0.29) is 5.03 Å². The lowest BCUT2D eigenvalue weighted by Gasteiger charge is -2.14. The maximum absolute atomic E-state index is 11.9. The summed E-state index contributed by atoms with van der Waals surface area (Å²) in [5.74, 6) is -1.28. The van der Waals surface area contributed by atoms with Crippen LogP contribution in [0.4, 0.5) is 0 Å². The lowest BCUT2D eigenvalue weighted by molar-refractivity contribution is -0.139. The summed E-state index contributed by atoms with van der Waals surface area (Å²) in [6.07, 6.45) is 2.30. The van der Waals surface area contributed by atoms with Crippen LogP contribution in [-0.4, -0.2) is 29.5 Å². The van der Waals surface area contributed by atoms with Crippen molar-refractivity contribution in [3.05, 3.63) is 48.4 Å². The summed E-state index contributed by atoms with van der Waals surface area (Å²) in [5.41, 5.74) is 0.345. The zero-order chi connectivity index (χ0) is 13.9. The van der Waals surface area contributed by atoms with Crippen LogP contribution in [-0.2, 0) is 14.8 Å². The molecule has 2 rings (SSSR count). The van der Waals surface area contributed by atoms with Crippen molar-refractivity contribution in [1.29, 1.82) is 0 Å². The number of hydrogen-bond donors (Lipinski definition) is 3. The van der Waals surface area contributed by atoms with E-state index in [2.05, 4.69) is 14.7 Å². The number of H-pyrrole nitrogens is 1. The molecule has 1 heterocycles. The van der Waals surface area contributed by atoms with Crippen molar-refractivity contribution < 1.29 is 18.3 Å². The van der Waals surface area contributed by atoms with Crippen molar-refractivity contribution in [2.45, 2.75) is 11.1 Å². The molecule has 0 saturated carbocycles. The number of aromatic amines is 1. The quantitative estimate of drug-likeness (QED) is 0.739. The highest BCUT2D eigenvalue weighted by atomic mass is 32.2. The number of carboxylic acid groups (broad SMARTS) is 1. The van der Waals surface area contributed by atoms with E-state index in [1.165, 1.54) is 18.5 Å². The minimum atomic E-state index is -3.96. The van der Waals surface area contributed by atoms with Gasteiger partial charge in [0.1, 0.15) is 6.04 Å². The Morgan fingerprint density at radius 1 is 1.32 bits per heavy atom. The Bertz CT molecular complexity index is 653. The monoisotopic (exact) mass is 281 g/mol. The number of aromatic nitrogens is 2. The molecule has 8 heteroatoms. The highest BCUT2D eigenvalue weighted by Gasteiger charge is 2.27. The lowest BCUT2D eigenvalue weighted by atomic mass is 10.1. The van der Waals surface area contributed by atoms with Gasteiger partial charge in [-0.25, -0.2) is 13.4 Å². The van der Waals surface area contributed by atoms with Gasteiger partial charge in [0.15, 0.2) is 5.03 Å². The van der Waals surface area contributed by atoms with Gasteiger partial charge in [-0.15, -0.1) is 0 Å². The van der Waals surface area contributed by atoms with Crippen LogP contribution in [0.25, 0.3) is 0 Å². The number of nitrogens with zero attached hydrogens (tertiary/aromatic N) is 1. The number of nitrogens with one attached hydrogen (secondary N) is 2. The number of imidazole rings is 1. The second kappa shape index (κ2) is 5.21. The Balaban J connectivity index is 2.31. The third-order valence-corrected chi connectivity index (χ3v) is 3.76. The summed E-state index contributed by atoms with van der Waals surface area (Å²) >= 11 is 0. The highest BCUT2D eigenvalue weighted by Crippen LogP contribution is 2.16. The molecule has 19 heavy (non-hydrogen) atoms. The molecule has 100 valence electrons. The molecule has 1 aromatic carbocycles. The van der Waals surface area contributed by atoms with Gasteiger partial charge in [0.25, 0.3) is 10.0 Å². The van der Waals surface area contributed by atoms with Crippen LogP contribution in [0.3, 0.4) is 0 Å². The summed E-state index contributed by atoms with van der Waals surface area (Å²) in [4.78, 5) is 17.2. The summed E-state index contributed by atoms with van der Waals surface area (Å²) in [6.45, 7) is 0. The van der Waals surface area contributed by atoms with Crippen LogP contribution in [0.5, 0.6) is 0 Å². The van der Waals surface area contributed by atoms with E-state index in [1.807, 2.05) is 0 Å². The number of hydrogen-bond acceptors (Lipinski definition) is 4. The Morgan fingerprint density at radius 2 is 2.00 bits per heavy atom. The van der Waals surface area contributed by atoms with Gasteiger partial charge in [0.2, 0.25) is 0 Å². The average Bonchev–Trinajstić information content (AvgIpc) is 2.91. The third kappa shape index (κ3) is 2.98. The Labute approximate surface area is 109 Å². The minimum Gasteiger partial charge on any atom is -0.480 e. The van der Waals surface area contributed by atoms with Gasteiger partial charge in [-0.2, -0.15) is 4.72 Å². The van der Waals surface area contributed by atoms with E-state index in [9.17, 15) is 13.2 Å². The second-order valence-corrected chi connectivity index (χ2v) is 5.40. The molecule has 0 aliphatic rings. The van der Waals surface area contributed by atoms with Crippen LogP contribution in [0.1, 0.15) is 11.6 Å². The fourth-order valence-corrected chi connectivity index (χ4v) is 2.60. The lowest BCUT2D eigenvalue weighted by Crippen LogP contribution is -2.33.